The highest BCUT2D eigenvalue weighted by atomic mass is 32.2. The first kappa shape index (κ1) is 15.2. The predicted octanol–water partition coefficient (Wildman–Crippen LogP) is 3.85. The highest BCUT2D eigenvalue weighted by Crippen LogP contribution is 2.52. The highest BCUT2D eigenvalue weighted by Gasteiger charge is 2.48. The third kappa shape index (κ3) is 3.05. The second-order valence-corrected chi connectivity index (χ2v) is 8.68. The van der Waals surface area contributed by atoms with Gasteiger partial charge in [-0.15, -0.1) is 0 Å². The number of hydrogen-bond acceptors (Lipinski definition) is 3. The van der Waals surface area contributed by atoms with Gasteiger partial charge in [-0.3, -0.25) is 0 Å². The van der Waals surface area contributed by atoms with E-state index in [2.05, 4.69) is 30.9 Å². The largest absolute Gasteiger partial charge is 0.374 e. The number of ether oxygens (including phenoxy) is 1. The van der Waals surface area contributed by atoms with Crippen molar-refractivity contribution < 1.29 is 4.74 Å². The fraction of sp³-hybridized carbons (Fsp3) is 1.00. The molecule has 0 radical (unpaired) electrons. The number of nitrogens with one attached hydrogen (secondary N) is 1. The van der Waals surface area contributed by atoms with Gasteiger partial charge in [0.1, 0.15) is 0 Å². The molecule has 0 amide bonds. The van der Waals surface area contributed by atoms with Gasteiger partial charge in [-0.1, -0.05) is 13.8 Å². The minimum absolute atomic E-state index is 0.255. The molecule has 2 nitrogen and oxygen atoms in total. The molecule has 3 fully saturated rings. The number of rotatable bonds is 4. The zero-order valence-corrected chi connectivity index (χ0v) is 14.1. The lowest BCUT2D eigenvalue weighted by molar-refractivity contribution is -0.102. The molecule has 2 heterocycles. The molecule has 116 valence electrons. The second kappa shape index (κ2) is 6.18. The number of thioether (sulfide) groups is 1. The molecule has 3 aliphatic rings. The van der Waals surface area contributed by atoms with Crippen molar-refractivity contribution in [3.05, 3.63) is 0 Å². The molecule has 0 bridgehead atoms. The van der Waals surface area contributed by atoms with E-state index >= 15 is 0 Å². The highest BCUT2D eigenvalue weighted by molar-refractivity contribution is 7.99. The van der Waals surface area contributed by atoms with Gasteiger partial charge in [0, 0.05) is 18.4 Å². The van der Waals surface area contributed by atoms with E-state index in [9.17, 15) is 0 Å². The minimum Gasteiger partial charge on any atom is -0.374 e. The summed E-state index contributed by atoms with van der Waals surface area (Å²) in [4.78, 5) is 0. The third-order valence-corrected chi connectivity index (χ3v) is 7.23. The van der Waals surface area contributed by atoms with Crippen molar-refractivity contribution in [1.82, 2.24) is 5.32 Å². The Morgan fingerprint density at radius 2 is 2.15 bits per heavy atom. The van der Waals surface area contributed by atoms with Gasteiger partial charge in [-0.2, -0.15) is 11.8 Å². The Bertz CT molecular complexity index is 329. The summed E-state index contributed by atoms with van der Waals surface area (Å²) in [6, 6.07) is 0.775. The average molecular weight is 298 g/mol. The van der Waals surface area contributed by atoms with Gasteiger partial charge >= 0.3 is 0 Å². The first-order valence-electron chi connectivity index (χ1n) is 8.61. The van der Waals surface area contributed by atoms with Gasteiger partial charge in [-0.05, 0) is 68.6 Å². The topological polar surface area (TPSA) is 21.3 Å². The van der Waals surface area contributed by atoms with E-state index < -0.39 is 0 Å². The third-order valence-electron chi connectivity index (χ3n) is 6.01. The van der Waals surface area contributed by atoms with Crippen LogP contribution in [0.5, 0.6) is 0 Å². The van der Waals surface area contributed by atoms with Crippen LogP contribution in [0.1, 0.15) is 58.8 Å². The van der Waals surface area contributed by atoms with Crippen LogP contribution in [0.25, 0.3) is 0 Å². The number of hydrogen-bond donors (Lipinski definition) is 1. The lowest BCUT2D eigenvalue weighted by Gasteiger charge is -2.45. The van der Waals surface area contributed by atoms with Crippen LogP contribution >= 0.6 is 11.8 Å². The predicted molar refractivity (Wildman–Crippen MR) is 87.4 cm³/mol. The maximum Gasteiger partial charge on any atom is 0.0783 e. The van der Waals surface area contributed by atoms with Crippen LogP contribution in [0.4, 0.5) is 0 Å². The Labute approximate surface area is 128 Å². The molecule has 2 aliphatic heterocycles. The normalized spacial score (nSPS) is 45.3. The maximum absolute atomic E-state index is 6.22. The SMILES string of the molecule is CCCNC1CCC(C)(C2CCOC3(CCSC3)C2)C1. The standard InChI is InChI=1S/C17H31NOS/c1-3-8-18-15-4-6-16(2,12-15)14-5-9-19-17(11-14)7-10-20-13-17/h14-15,18H,3-13H2,1-2H3. The fourth-order valence-electron chi connectivity index (χ4n) is 4.65. The Morgan fingerprint density at radius 1 is 1.25 bits per heavy atom. The van der Waals surface area contributed by atoms with Gasteiger partial charge in [0.2, 0.25) is 0 Å². The van der Waals surface area contributed by atoms with Crippen molar-refractivity contribution in [2.45, 2.75) is 70.4 Å². The minimum atomic E-state index is 0.255. The van der Waals surface area contributed by atoms with Crippen molar-refractivity contribution in [2.24, 2.45) is 11.3 Å². The molecule has 2 saturated heterocycles. The Balaban J connectivity index is 1.60. The maximum atomic E-state index is 6.22. The average Bonchev–Trinajstić information content (AvgIpc) is 3.05. The van der Waals surface area contributed by atoms with Gasteiger partial charge in [0.05, 0.1) is 5.60 Å². The van der Waals surface area contributed by atoms with E-state index in [0.29, 0.717) is 5.41 Å². The second-order valence-electron chi connectivity index (χ2n) is 7.57. The first-order chi connectivity index (χ1) is 9.66. The van der Waals surface area contributed by atoms with Gasteiger partial charge < -0.3 is 10.1 Å². The summed E-state index contributed by atoms with van der Waals surface area (Å²) in [6.07, 6.45) is 9.37. The summed E-state index contributed by atoms with van der Waals surface area (Å²) < 4.78 is 6.22. The molecular weight excluding hydrogens is 266 g/mol. The fourth-order valence-corrected chi connectivity index (χ4v) is 6.03. The van der Waals surface area contributed by atoms with Crippen LogP contribution in [0, 0.1) is 11.3 Å². The summed E-state index contributed by atoms with van der Waals surface area (Å²) in [5.41, 5.74) is 0.820. The molecule has 0 aromatic carbocycles. The van der Waals surface area contributed by atoms with Crippen molar-refractivity contribution in [2.75, 3.05) is 24.7 Å². The van der Waals surface area contributed by atoms with E-state index in [1.165, 1.54) is 63.0 Å². The van der Waals surface area contributed by atoms with E-state index in [1.54, 1.807) is 0 Å². The first-order valence-corrected chi connectivity index (χ1v) is 9.76. The summed E-state index contributed by atoms with van der Waals surface area (Å²) in [5.74, 6) is 3.45. The van der Waals surface area contributed by atoms with E-state index in [-0.39, 0.29) is 5.60 Å². The van der Waals surface area contributed by atoms with E-state index in [1.807, 2.05) is 0 Å². The molecular formula is C17H31NOS. The molecule has 1 aliphatic carbocycles. The summed E-state index contributed by atoms with van der Waals surface area (Å²) in [6.45, 7) is 7.02. The molecule has 0 aromatic heterocycles. The van der Waals surface area contributed by atoms with Crippen LogP contribution < -0.4 is 5.32 Å². The molecule has 4 unspecified atom stereocenters. The van der Waals surface area contributed by atoms with Crippen molar-refractivity contribution in [1.29, 1.82) is 0 Å². The molecule has 1 spiro atoms. The molecule has 1 N–H and O–H groups in total. The Kier molecular flexibility index (Phi) is 4.69. The van der Waals surface area contributed by atoms with Crippen molar-refractivity contribution >= 4 is 11.8 Å². The van der Waals surface area contributed by atoms with Crippen LogP contribution in [0.2, 0.25) is 0 Å². The van der Waals surface area contributed by atoms with Crippen LogP contribution in [-0.4, -0.2) is 36.3 Å². The lowest BCUT2D eigenvalue weighted by Crippen LogP contribution is -2.44. The zero-order chi connectivity index (χ0) is 14.1. The van der Waals surface area contributed by atoms with Gasteiger partial charge in [0.15, 0.2) is 0 Å². The zero-order valence-electron chi connectivity index (χ0n) is 13.2. The quantitative estimate of drug-likeness (QED) is 0.851. The van der Waals surface area contributed by atoms with Crippen molar-refractivity contribution in [3.8, 4) is 0 Å². The van der Waals surface area contributed by atoms with Gasteiger partial charge in [-0.25, -0.2) is 0 Å². The Hall–Kier alpha value is 0.270. The Morgan fingerprint density at radius 3 is 2.90 bits per heavy atom. The van der Waals surface area contributed by atoms with Crippen LogP contribution in [0.15, 0.2) is 0 Å². The summed E-state index contributed by atoms with van der Waals surface area (Å²) in [5, 5.41) is 3.75. The molecule has 20 heavy (non-hydrogen) atoms. The van der Waals surface area contributed by atoms with Crippen molar-refractivity contribution in [3.63, 3.8) is 0 Å². The molecule has 1 saturated carbocycles. The molecule has 3 rings (SSSR count). The molecule has 4 atom stereocenters. The lowest BCUT2D eigenvalue weighted by atomic mass is 9.68. The molecule has 0 aromatic rings. The summed E-state index contributed by atoms with van der Waals surface area (Å²) in [7, 11) is 0. The smallest absolute Gasteiger partial charge is 0.0783 e. The summed E-state index contributed by atoms with van der Waals surface area (Å²) >= 11 is 2.10. The van der Waals surface area contributed by atoms with Crippen LogP contribution in [-0.2, 0) is 4.74 Å². The van der Waals surface area contributed by atoms with Crippen LogP contribution in [0.3, 0.4) is 0 Å². The van der Waals surface area contributed by atoms with E-state index in [4.69, 9.17) is 4.74 Å². The van der Waals surface area contributed by atoms with Gasteiger partial charge in [0.25, 0.3) is 0 Å². The van der Waals surface area contributed by atoms with E-state index in [0.717, 1.165) is 18.6 Å². The molecule has 3 heteroatoms. The monoisotopic (exact) mass is 297 g/mol.